The van der Waals surface area contributed by atoms with E-state index in [2.05, 4.69) is 21.3 Å². The number of anilines is 1. The van der Waals surface area contributed by atoms with Gasteiger partial charge in [-0.05, 0) is 24.6 Å². The zero-order valence-electron chi connectivity index (χ0n) is 16.8. The molecule has 0 aliphatic carbocycles. The van der Waals surface area contributed by atoms with Crippen molar-refractivity contribution in [3.05, 3.63) is 54.7 Å². The third-order valence-corrected chi connectivity index (χ3v) is 5.69. The SMILES string of the molecule is Cn1cc(-c2cc(-c3ccc(N4CC[C@@H](C(=O)O)C4)nc3)c3c(C#N)cnn3c2)cn1. The molecule has 0 aromatic carbocycles. The summed E-state index contributed by atoms with van der Waals surface area (Å²) in [6.07, 6.45) is 9.53. The minimum atomic E-state index is -0.765. The molecule has 5 rings (SSSR count). The van der Waals surface area contributed by atoms with Crippen molar-refractivity contribution in [2.24, 2.45) is 13.0 Å². The first kappa shape index (κ1) is 18.8. The second-order valence-electron chi connectivity index (χ2n) is 7.68. The van der Waals surface area contributed by atoms with E-state index in [0.29, 0.717) is 25.1 Å². The van der Waals surface area contributed by atoms with Gasteiger partial charge in [-0.2, -0.15) is 15.5 Å². The van der Waals surface area contributed by atoms with Gasteiger partial charge in [-0.15, -0.1) is 0 Å². The number of pyridine rings is 2. The number of nitrogens with zero attached hydrogens (tertiary/aromatic N) is 7. The molecule has 1 saturated heterocycles. The Balaban J connectivity index is 1.57. The average Bonchev–Trinajstić information content (AvgIpc) is 3.52. The van der Waals surface area contributed by atoms with Crippen molar-refractivity contribution in [1.82, 2.24) is 24.4 Å². The van der Waals surface area contributed by atoms with E-state index in [1.54, 1.807) is 27.8 Å². The van der Waals surface area contributed by atoms with Crippen LogP contribution in [0.5, 0.6) is 0 Å². The number of aryl methyl sites for hydroxylation is 1. The fourth-order valence-corrected chi connectivity index (χ4v) is 4.05. The summed E-state index contributed by atoms with van der Waals surface area (Å²) >= 11 is 0. The Labute approximate surface area is 177 Å². The lowest BCUT2D eigenvalue weighted by Crippen LogP contribution is -2.23. The number of carbonyl (C=O) groups is 1. The van der Waals surface area contributed by atoms with Crippen molar-refractivity contribution in [2.75, 3.05) is 18.0 Å². The summed E-state index contributed by atoms with van der Waals surface area (Å²) < 4.78 is 3.45. The van der Waals surface area contributed by atoms with Crippen LogP contribution < -0.4 is 4.90 Å². The van der Waals surface area contributed by atoms with Gasteiger partial charge in [0.1, 0.15) is 11.9 Å². The predicted molar refractivity (Wildman–Crippen MR) is 113 cm³/mol. The lowest BCUT2D eigenvalue weighted by atomic mass is 10.0. The van der Waals surface area contributed by atoms with Gasteiger partial charge in [-0.1, -0.05) is 0 Å². The van der Waals surface area contributed by atoms with Crippen LogP contribution in [0.15, 0.2) is 49.2 Å². The first-order chi connectivity index (χ1) is 15.0. The van der Waals surface area contributed by atoms with Crippen molar-refractivity contribution < 1.29 is 9.90 Å². The molecule has 0 bridgehead atoms. The fraction of sp³-hybridized carbons (Fsp3) is 0.227. The monoisotopic (exact) mass is 413 g/mol. The van der Waals surface area contributed by atoms with Crippen LogP contribution in [0.1, 0.15) is 12.0 Å². The van der Waals surface area contributed by atoms with E-state index < -0.39 is 5.97 Å². The summed E-state index contributed by atoms with van der Waals surface area (Å²) in [5.74, 6) is -0.373. The summed E-state index contributed by atoms with van der Waals surface area (Å²) in [6.45, 7) is 1.13. The highest BCUT2D eigenvalue weighted by Crippen LogP contribution is 2.32. The van der Waals surface area contributed by atoms with Gasteiger partial charge >= 0.3 is 5.97 Å². The molecule has 4 aromatic rings. The van der Waals surface area contributed by atoms with Crippen LogP contribution in [0.4, 0.5) is 5.82 Å². The Morgan fingerprint density at radius 1 is 1.16 bits per heavy atom. The standard InChI is InChI=1S/C22H19N7O2/c1-27-11-18(10-25-27)16-6-19(21-17(7-23)9-26-29(21)13-16)14-2-3-20(24-8-14)28-5-4-15(12-28)22(30)31/h2-3,6,8-11,13,15H,4-5,12H2,1H3,(H,30,31)/t15-/m1/s1. The van der Waals surface area contributed by atoms with Crippen LogP contribution in [0.25, 0.3) is 27.8 Å². The lowest BCUT2D eigenvalue weighted by molar-refractivity contribution is -0.140. The summed E-state index contributed by atoms with van der Waals surface area (Å²) in [4.78, 5) is 17.8. The lowest BCUT2D eigenvalue weighted by Gasteiger charge is -2.17. The van der Waals surface area contributed by atoms with Gasteiger partial charge in [-0.25, -0.2) is 9.50 Å². The fourth-order valence-electron chi connectivity index (χ4n) is 4.05. The first-order valence-electron chi connectivity index (χ1n) is 9.88. The predicted octanol–water partition coefficient (Wildman–Crippen LogP) is 2.58. The highest BCUT2D eigenvalue weighted by atomic mass is 16.4. The van der Waals surface area contributed by atoms with E-state index in [1.165, 1.54) is 0 Å². The summed E-state index contributed by atoms with van der Waals surface area (Å²) in [6, 6.07) is 8.08. The second kappa shape index (κ2) is 7.25. The molecule has 9 heteroatoms. The Morgan fingerprint density at radius 3 is 2.68 bits per heavy atom. The third kappa shape index (κ3) is 3.28. The smallest absolute Gasteiger partial charge is 0.308 e. The normalized spacial score (nSPS) is 16.0. The zero-order valence-corrected chi connectivity index (χ0v) is 16.8. The number of hydrogen-bond donors (Lipinski definition) is 1. The van der Waals surface area contributed by atoms with Crippen LogP contribution in [0, 0.1) is 17.2 Å². The molecule has 1 aliphatic heterocycles. The number of hydrogen-bond acceptors (Lipinski definition) is 6. The summed E-state index contributed by atoms with van der Waals surface area (Å²) in [5, 5.41) is 27.4. The molecule has 1 atom stereocenters. The van der Waals surface area contributed by atoms with Gasteiger partial charge < -0.3 is 10.0 Å². The number of aliphatic carboxylic acids is 1. The van der Waals surface area contributed by atoms with Crippen LogP contribution in [-0.4, -0.2) is 48.5 Å². The molecule has 9 nitrogen and oxygen atoms in total. The quantitative estimate of drug-likeness (QED) is 0.547. The van der Waals surface area contributed by atoms with Gasteiger partial charge in [0, 0.05) is 61.0 Å². The molecule has 0 unspecified atom stereocenters. The zero-order chi connectivity index (χ0) is 21.5. The van der Waals surface area contributed by atoms with Crippen molar-refractivity contribution >= 4 is 17.3 Å². The molecule has 1 N–H and O–H groups in total. The van der Waals surface area contributed by atoms with Gasteiger partial charge in [0.15, 0.2) is 0 Å². The number of nitriles is 1. The van der Waals surface area contributed by atoms with E-state index in [-0.39, 0.29) is 5.92 Å². The van der Waals surface area contributed by atoms with Gasteiger partial charge in [0.2, 0.25) is 0 Å². The first-order valence-corrected chi connectivity index (χ1v) is 9.88. The molecular formula is C22H19N7O2. The number of carboxylic acid groups (broad SMARTS) is 1. The van der Waals surface area contributed by atoms with Crippen LogP contribution in [0.3, 0.4) is 0 Å². The third-order valence-electron chi connectivity index (χ3n) is 5.69. The van der Waals surface area contributed by atoms with E-state index in [4.69, 9.17) is 0 Å². The molecular weight excluding hydrogens is 394 g/mol. The topological polar surface area (TPSA) is 112 Å². The van der Waals surface area contributed by atoms with E-state index in [0.717, 1.165) is 33.6 Å². The van der Waals surface area contributed by atoms with Crippen molar-refractivity contribution in [1.29, 1.82) is 5.26 Å². The Kier molecular flexibility index (Phi) is 4.40. The number of carboxylic acids is 1. The molecule has 154 valence electrons. The molecule has 0 radical (unpaired) electrons. The Hall–Kier alpha value is -4.19. The van der Waals surface area contributed by atoms with Crippen LogP contribution in [-0.2, 0) is 11.8 Å². The number of fused-ring (bicyclic) bond motifs is 1. The highest BCUT2D eigenvalue weighted by Gasteiger charge is 2.28. The van der Waals surface area contributed by atoms with Crippen molar-refractivity contribution in [2.45, 2.75) is 6.42 Å². The maximum Gasteiger partial charge on any atom is 0.308 e. The highest BCUT2D eigenvalue weighted by molar-refractivity contribution is 5.87. The Bertz CT molecular complexity index is 1330. The molecule has 4 aromatic heterocycles. The molecule has 1 fully saturated rings. The molecule has 1 aliphatic rings. The Morgan fingerprint density at radius 2 is 2.03 bits per heavy atom. The number of aromatic nitrogens is 5. The van der Waals surface area contributed by atoms with Crippen LogP contribution in [0.2, 0.25) is 0 Å². The minimum absolute atomic E-state index is 0.359. The maximum atomic E-state index is 11.2. The minimum Gasteiger partial charge on any atom is -0.481 e. The summed E-state index contributed by atoms with van der Waals surface area (Å²) in [5.41, 5.74) is 4.78. The van der Waals surface area contributed by atoms with E-state index in [9.17, 15) is 15.2 Å². The average molecular weight is 413 g/mol. The van der Waals surface area contributed by atoms with Gasteiger partial charge in [-0.3, -0.25) is 9.48 Å². The number of rotatable bonds is 4. The second-order valence-corrected chi connectivity index (χ2v) is 7.68. The molecule has 0 amide bonds. The van der Waals surface area contributed by atoms with Crippen molar-refractivity contribution in [3.8, 4) is 28.3 Å². The molecule has 0 saturated carbocycles. The van der Waals surface area contributed by atoms with Crippen LogP contribution >= 0.6 is 0 Å². The van der Waals surface area contributed by atoms with E-state index >= 15 is 0 Å². The summed E-state index contributed by atoms with van der Waals surface area (Å²) in [7, 11) is 1.86. The molecule has 31 heavy (non-hydrogen) atoms. The van der Waals surface area contributed by atoms with Crippen molar-refractivity contribution in [3.63, 3.8) is 0 Å². The largest absolute Gasteiger partial charge is 0.481 e. The van der Waals surface area contributed by atoms with Gasteiger partial charge in [0.25, 0.3) is 0 Å². The maximum absolute atomic E-state index is 11.2. The van der Waals surface area contributed by atoms with E-state index in [1.807, 2.05) is 42.5 Å². The molecule has 0 spiro atoms. The molecule has 5 heterocycles. The van der Waals surface area contributed by atoms with Gasteiger partial charge in [0.05, 0.1) is 29.4 Å².